The summed E-state index contributed by atoms with van der Waals surface area (Å²) < 4.78 is 0. The second kappa shape index (κ2) is 6.48. The molecule has 0 saturated carbocycles. The van der Waals surface area contributed by atoms with E-state index in [2.05, 4.69) is 5.32 Å². The predicted octanol–water partition coefficient (Wildman–Crippen LogP) is -0.0141. The maximum atomic E-state index is 11.6. The molecule has 94 valence electrons. The maximum Gasteiger partial charge on any atom is 0.240 e. The van der Waals surface area contributed by atoms with Crippen molar-refractivity contribution in [3.8, 4) is 0 Å². The molecule has 2 unspecified atom stereocenters. The van der Waals surface area contributed by atoms with Crippen LogP contribution in [0.3, 0.4) is 0 Å². The second-order valence-corrected chi connectivity index (χ2v) is 4.80. The molecule has 2 atom stereocenters. The van der Waals surface area contributed by atoms with Gasteiger partial charge >= 0.3 is 0 Å². The molecule has 2 amide bonds. The molecule has 0 aliphatic heterocycles. The van der Waals surface area contributed by atoms with E-state index in [1.54, 1.807) is 0 Å². The highest BCUT2D eigenvalue weighted by Gasteiger charge is 2.22. The van der Waals surface area contributed by atoms with Crippen LogP contribution >= 0.6 is 0 Å². The molecule has 0 rings (SSSR count). The summed E-state index contributed by atoms with van der Waals surface area (Å²) in [5.74, 6) is -0.520. The van der Waals surface area contributed by atoms with Gasteiger partial charge < -0.3 is 16.8 Å². The quantitative estimate of drug-likeness (QED) is 0.597. The highest BCUT2D eigenvalue weighted by atomic mass is 16.2. The number of carbonyl (C=O) groups is 2. The molecule has 0 radical (unpaired) electrons. The first-order valence-corrected chi connectivity index (χ1v) is 5.60. The molecule has 0 aromatic carbocycles. The van der Waals surface area contributed by atoms with Crippen molar-refractivity contribution in [3.05, 3.63) is 0 Å². The minimum atomic E-state index is -0.619. The number of nitrogens with two attached hydrogens (primary N) is 2. The molecule has 0 aromatic heterocycles. The summed E-state index contributed by atoms with van der Waals surface area (Å²) in [6.07, 6.45) is 0.216. The van der Waals surface area contributed by atoms with Crippen LogP contribution in [0.15, 0.2) is 0 Å². The molecule has 0 aromatic rings. The Hall–Kier alpha value is -1.10. The molecule has 5 N–H and O–H groups in total. The van der Waals surface area contributed by atoms with Crippen molar-refractivity contribution < 1.29 is 9.59 Å². The Morgan fingerprint density at radius 3 is 1.94 bits per heavy atom. The van der Waals surface area contributed by atoms with Gasteiger partial charge in [0.25, 0.3) is 0 Å². The van der Waals surface area contributed by atoms with Crippen LogP contribution in [0.5, 0.6) is 0 Å². The van der Waals surface area contributed by atoms with E-state index in [9.17, 15) is 9.59 Å². The van der Waals surface area contributed by atoms with Crippen LogP contribution in [0.1, 0.15) is 34.1 Å². The summed E-state index contributed by atoms with van der Waals surface area (Å²) >= 11 is 0. The topological polar surface area (TPSA) is 98.2 Å². The number of carbonyl (C=O) groups excluding carboxylic acids is 2. The Labute approximate surface area is 96.9 Å². The van der Waals surface area contributed by atoms with Crippen LogP contribution in [0.25, 0.3) is 0 Å². The number of nitrogens with one attached hydrogen (secondary N) is 1. The number of rotatable bonds is 6. The van der Waals surface area contributed by atoms with Crippen LogP contribution in [-0.2, 0) is 9.59 Å². The van der Waals surface area contributed by atoms with Crippen molar-refractivity contribution in [3.63, 3.8) is 0 Å². The van der Waals surface area contributed by atoms with Gasteiger partial charge in [0.15, 0.2) is 0 Å². The Kier molecular flexibility index (Phi) is 6.03. The van der Waals surface area contributed by atoms with E-state index in [1.807, 2.05) is 27.7 Å². The summed E-state index contributed by atoms with van der Waals surface area (Å²) in [4.78, 5) is 22.7. The predicted molar refractivity (Wildman–Crippen MR) is 63.4 cm³/mol. The molecule has 0 aliphatic rings. The molecule has 5 nitrogen and oxygen atoms in total. The molecule has 5 heteroatoms. The lowest BCUT2D eigenvalue weighted by Crippen LogP contribution is -2.49. The van der Waals surface area contributed by atoms with E-state index in [-0.39, 0.29) is 30.2 Å². The van der Waals surface area contributed by atoms with E-state index < -0.39 is 11.9 Å². The van der Waals surface area contributed by atoms with Crippen LogP contribution in [0.4, 0.5) is 0 Å². The van der Waals surface area contributed by atoms with Crippen molar-refractivity contribution in [1.29, 1.82) is 0 Å². The Balaban J connectivity index is 4.26. The van der Waals surface area contributed by atoms with Gasteiger partial charge in [0.05, 0.1) is 0 Å². The highest BCUT2D eigenvalue weighted by molar-refractivity contribution is 5.86. The zero-order chi connectivity index (χ0) is 12.9. The van der Waals surface area contributed by atoms with Gasteiger partial charge in [0.2, 0.25) is 11.8 Å². The molecule has 0 saturated heterocycles. The maximum absolute atomic E-state index is 11.6. The monoisotopic (exact) mass is 229 g/mol. The normalized spacial score (nSPS) is 14.9. The Morgan fingerprint density at radius 2 is 1.62 bits per heavy atom. The van der Waals surface area contributed by atoms with E-state index >= 15 is 0 Å². The number of hydrogen-bond donors (Lipinski definition) is 3. The molecule has 0 heterocycles. The van der Waals surface area contributed by atoms with Gasteiger partial charge in [0, 0.05) is 12.5 Å². The Bertz CT molecular complexity index is 252. The lowest BCUT2D eigenvalue weighted by atomic mass is 10.00. The number of amides is 2. The van der Waals surface area contributed by atoms with Gasteiger partial charge in [-0.2, -0.15) is 0 Å². The minimum Gasteiger partial charge on any atom is -0.368 e. The van der Waals surface area contributed by atoms with Crippen LogP contribution in [0.2, 0.25) is 0 Å². The summed E-state index contributed by atoms with van der Waals surface area (Å²) in [6.45, 7) is 7.56. The molecule has 16 heavy (non-hydrogen) atoms. The minimum absolute atomic E-state index is 0.0169. The summed E-state index contributed by atoms with van der Waals surface area (Å²) in [5, 5.41) is 2.61. The molecule has 0 fully saturated rings. The van der Waals surface area contributed by atoms with Gasteiger partial charge in [-0.25, -0.2) is 0 Å². The van der Waals surface area contributed by atoms with Crippen LogP contribution in [-0.4, -0.2) is 23.9 Å². The van der Waals surface area contributed by atoms with E-state index in [0.29, 0.717) is 0 Å². The van der Waals surface area contributed by atoms with Crippen LogP contribution in [0, 0.1) is 11.8 Å². The average molecular weight is 229 g/mol. The van der Waals surface area contributed by atoms with Gasteiger partial charge in [-0.05, 0) is 11.8 Å². The third-order valence-electron chi connectivity index (χ3n) is 2.57. The summed E-state index contributed by atoms with van der Waals surface area (Å²) in [7, 11) is 0. The Morgan fingerprint density at radius 1 is 1.12 bits per heavy atom. The summed E-state index contributed by atoms with van der Waals surface area (Å²) in [5.41, 5.74) is 11.0. The molecular formula is C11H23N3O2. The first-order valence-electron chi connectivity index (χ1n) is 5.60. The molecule has 0 spiro atoms. The van der Waals surface area contributed by atoms with E-state index in [1.165, 1.54) is 0 Å². The fraction of sp³-hybridized carbons (Fsp3) is 0.818. The smallest absolute Gasteiger partial charge is 0.240 e. The van der Waals surface area contributed by atoms with Gasteiger partial charge in [-0.1, -0.05) is 27.7 Å². The van der Waals surface area contributed by atoms with E-state index in [4.69, 9.17) is 11.5 Å². The summed E-state index contributed by atoms with van der Waals surface area (Å²) in [6, 6.07) is -0.812. The first kappa shape index (κ1) is 14.9. The molecule has 0 aliphatic carbocycles. The van der Waals surface area contributed by atoms with E-state index in [0.717, 1.165) is 0 Å². The van der Waals surface area contributed by atoms with Gasteiger partial charge in [-0.15, -0.1) is 0 Å². The third kappa shape index (κ3) is 5.11. The van der Waals surface area contributed by atoms with Crippen molar-refractivity contribution in [2.45, 2.75) is 46.2 Å². The third-order valence-corrected chi connectivity index (χ3v) is 2.57. The van der Waals surface area contributed by atoms with Gasteiger partial charge in [0.1, 0.15) is 6.04 Å². The first-order chi connectivity index (χ1) is 7.25. The van der Waals surface area contributed by atoms with Crippen molar-refractivity contribution in [2.75, 3.05) is 0 Å². The van der Waals surface area contributed by atoms with Crippen molar-refractivity contribution in [2.24, 2.45) is 23.3 Å². The largest absolute Gasteiger partial charge is 0.368 e. The van der Waals surface area contributed by atoms with Crippen LogP contribution < -0.4 is 16.8 Å². The fourth-order valence-electron chi connectivity index (χ4n) is 1.25. The number of hydrogen-bond acceptors (Lipinski definition) is 3. The fourth-order valence-corrected chi connectivity index (χ4v) is 1.25. The van der Waals surface area contributed by atoms with Gasteiger partial charge in [-0.3, -0.25) is 9.59 Å². The molecule has 0 bridgehead atoms. The molecular weight excluding hydrogens is 206 g/mol. The number of primary amides is 1. The average Bonchev–Trinajstić information content (AvgIpc) is 2.12. The SMILES string of the molecule is CC(C)C(N)CC(=O)NC(C(N)=O)C(C)C. The zero-order valence-electron chi connectivity index (χ0n) is 10.5. The standard InChI is InChI=1S/C11H23N3O2/c1-6(2)8(12)5-9(15)14-10(7(3)4)11(13)16/h6-8,10H,5,12H2,1-4H3,(H2,13,16)(H,14,15). The second-order valence-electron chi connectivity index (χ2n) is 4.80. The highest BCUT2D eigenvalue weighted by Crippen LogP contribution is 2.05. The lowest BCUT2D eigenvalue weighted by Gasteiger charge is -2.21. The zero-order valence-corrected chi connectivity index (χ0v) is 10.5. The van der Waals surface area contributed by atoms with Crippen molar-refractivity contribution >= 4 is 11.8 Å². The lowest BCUT2D eigenvalue weighted by molar-refractivity contribution is -0.128. The van der Waals surface area contributed by atoms with Crippen molar-refractivity contribution in [1.82, 2.24) is 5.32 Å².